The Morgan fingerprint density at radius 2 is 1.92 bits per heavy atom. The molecule has 1 aliphatic heterocycles. The van der Waals surface area contributed by atoms with E-state index in [9.17, 15) is 4.79 Å². The third-order valence-corrected chi connectivity index (χ3v) is 4.94. The zero-order valence-corrected chi connectivity index (χ0v) is 15.5. The molecule has 0 bridgehead atoms. The Hall–Kier alpha value is -2.24. The molecule has 3 rings (SSSR count). The van der Waals surface area contributed by atoms with Crippen molar-refractivity contribution in [3.63, 3.8) is 0 Å². The Kier molecular flexibility index (Phi) is 5.46. The summed E-state index contributed by atoms with van der Waals surface area (Å²) >= 11 is 7.27. The van der Waals surface area contributed by atoms with Gasteiger partial charge in [-0.05, 0) is 55.1 Å². The van der Waals surface area contributed by atoms with Crippen LogP contribution < -0.4 is 4.74 Å². The molecule has 2 aromatic carbocycles. The van der Waals surface area contributed by atoms with E-state index in [1.165, 1.54) is 11.8 Å². The molecule has 1 saturated heterocycles. The third kappa shape index (κ3) is 3.89. The summed E-state index contributed by atoms with van der Waals surface area (Å²) in [5.41, 5.74) is 1.63. The van der Waals surface area contributed by atoms with Crippen LogP contribution in [0.5, 0.6) is 5.75 Å². The second-order valence-electron chi connectivity index (χ2n) is 5.27. The highest BCUT2D eigenvalue weighted by Crippen LogP contribution is 2.35. The summed E-state index contributed by atoms with van der Waals surface area (Å²) in [5.74, 6) is 0.681. The fourth-order valence-electron chi connectivity index (χ4n) is 2.42. The number of amidine groups is 1. The van der Waals surface area contributed by atoms with Gasteiger partial charge in [0.15, 0.2) is 5.17 Å². The lowest BCUT2D eigenvalue weighted by molar-refractivity contribution is -0.122. The normalized spacial score (nSPS) is 17.6. The summed E-state index contributed by atoms with van der Waals surface area (Å²) in [6, 6.07) is 14.8. The number of carbonyl (C=O) groups excluding carboxylic acids is 1. The van der Waals surface area contributed by atoms with Gasteiger partial charge in [-0.3, -0.25) is 9.69 Å². The molecule has 0 unspecified atom stereocenters. The number of amides is 1. The first-order valence-electron chi connectivity index (χ1n) is 7.81. The molecule has 1 aliphatic rings. The van der Waals surface area contributed by atoms with E-state index in [1.807, 2.05) is 49.4 Å². The van der Waals surface area contributed by atoms with Crippen LogP contribution in [0.2, 0.25) is 5.02 Å². The lowest BCUT2D eigenvalue weighted by Crippen LogP contribution is -2.28. The van der Waals surface area contributed by atoms with E-state index < -0.39 is 0 Å². The van der Waals surface area contributed by atoms with Crippen molar-refractivity contribution in [2.75, 3.05) is 13.7 Å². The molecule has 0 atom stereocenters. The first kappa shape index (κ1) is 17.6. The molecule has 4 nitrogen and oxygen atoms in total. The lowest BCUT2D eigenvalue weighted by Gasteiger charge is -2.12. The first-order chi connectivity index (χ1) is 12.1. The summed E-state index contributed by atoms with van der Waals surface area (Å²) in [5, 5.41) is 1.32. The van der Waals surface area contributed by atoms with Gasteiger partial charge in [-0.15, -0.1) is 0 Å². The number of methoxy groups -OCH3 is 1. The Labute approximate surface area is 156 Å². The van der Waals surface area contributed by atoms with Crippen molar-refractivity contribution in [2.24, 2.45) is 4.99 Å². The number of aliphatic imine (C=N–C) groups is 1. The smallest absolute Gasteiger partial charge is 0.266 e. The van der Waals surface area contributed by atoms with E-state index in [2.05, 4.69) is 4.99 Å². The van der Waals surface area contributed by atoms with Gasteiger partial charge in [0.2, 0.25) is 0 Å². The van der Waals surface area contributed by atoms with Crippen LogP contribution in [-0.2, 0) is 4.79 Å². The summed E-state index contributed by atoms with van der Waals surface area (Å²) in [4.78, 5) is 19.6. The average Bonchev–Trinajstić information content (AvgIpc) is 2.92. The van der Waals surface area contributed by atoms with Crippen molar-refractivity contribution in [3.05, 3.63) is 64.0 Å². The molecule has 1 amide bonds. The topological polar surface area (TPSA) is 41.9 Å². The molecule has 0 aromatic heterocycles. The van der Waals surface area contributed by atoms with Crippen molar-refractivity contribution in [1.82, 2.24) is 4.90 Å². The maximum atomic E-state index is 12.7. The van der Waals surface area contributed by atoms with Crippen LogP contribution >= 0.6 is 23.4 Å². The van der Waals surface area contributed by atoms with Crippen LogP contribution in [0.3, 0.4) is 0 Å². The number of hydrogen-bond donors (Lipinski definition) is 0. The highest BCUT2D eigenvalue weighted by atomic mass is 35.5. The molecule has 6 heteroatoms. The Bertz CT molecular complexity index is 847. The predicted molar refractivity (Wildman–Crippen MR) is 104 cm³/mol. The minimum absolute atomic E-state index is 0.0499. The molecular weight excluding hydrogens is 356 g/mol. The third-order valence-electron chi connectivity index (χ3n) is 3.68. The van der Waals surface area contributed by atoms with E-state index in [1.54, 1.807) is 24.1 Å². The molecule has 1 fully saturated rings. The van der Waals surface area contributed by atoms with Crippen molar-refractivity contribution in [1.29, 1.82) is 0 Å². The van der Waals surface area contributed by atoms with E-state index in [0.717, 1.165) is 17.0 Å². The van der Waals surface area contributed by atoms with Gasteiger partial charge in [-0.1, -0.05) is 29.8 Å². The van der Waals surface area contributed by atoms with Gasteiger partial charge in [0.1, 0.15) is 5.75 Å². The van der Waals surface area contributed by atoms with Crippen LogP contribution in [-0.4, -0.2) is 29.6 Å². The predicted octanol–water partition coefficient (Wildman–Crippen LogP) is 4.97. The number of hydrogen-bond acceptors (Lipinski definition) is 4. The monoisotopic (exact) mass is 372 g/mol. The maximum Gasteiger partial charge on any atom is 0.266 e. The Balaban J connectivity index is 1.94. The molecule has 128 valence electrons. The van der Waals surface area contributed by atoms with Crippen molar-refractivity contribution in [3.8, 4) is 5.75 Å². The minimum atomic E-state index is -0.0499. The maximum absolute atomic E-state index is 12.7. The second kappa shape index (κ2) is 7.76. The van der Waals surface area contributed by atoms with Gasteiger partial charge in [0.25, 0.3) is 5.91 Å². The Morgan fingerprint density at radius 1 is 1.20 bits per heavy atom. The molecule has 25 heavy (non-hydrogen) atoms. The molecule has 0 radical (unpaired) electrons. The molecule has 1 heterocycles. The fourth-order valence-corrected chi connectivity index (χ4v) is 3.60. The van der Waals surface area contributed by atoms with E-state index in [0.29, 0.717) is 21.6 Å². The van der Waals surface area contributed by atoms with Gasteiger partial charge >= 0.3 is 0 Å². The SMILES string of the molecule is CCN1C(=O)/C(=C\c2ccccc2OC)SC1=Nc1ccc(Cl)cc1. The molecule has 0 spiro atoms. The highest BCUT2D eigenvalue weighted by molar-refractivity contribution is 8.18. The number of benzene rings is 2. The molecule has 0 N–H and O–H groups in total. The van der Waals surface area contributed by atoms with Gasteiger partial charge < -0.3 is 4.74 Å². The van der Waals surface area contributed by atoms with Gasteiger partial charge in [-0.25, -0.2) is 4.99 Å². The minimum Gasteiger partial charge on any atom is -0.496 e. The number of nitrogens with zero attached hydrogens (tertiary/aromatic N) is 2. The summed E-state index contributed by atoms with van der Waals surface area (Å²) < 4.78 is 5.36. The second-order valence-corrected chi connectivity index (χ2v) is 6.72. The van der Waals surface area contributed by atoms with Crippen molar-refractivity contribution in [2.45, 2.75) is 6.92 Å². The van der Waals surface area contributed by atoms with E-state index in [4.69, 9.17) is 16.3 Å². The number of likely N-dealkylation sites (N-methyl/N-ethyl adjacent to an activating group) is 1. The van der Waals surface area contributed by atoms with Crippen LogP contribution in [0.15, 0.2) is 58.4 Å². The van der Waals surface area contributed by atoms with E-state index >= 15 is 0 Å². The molecule has 2 aromatic rings. The number of rotatable bonds is 4. The summed E-state index contributed by atoms with van der Waals surface area (Å²) in [7, 11) is 1.62. The average molecular weight is 373 g/mol. The molecular formula is C19H17ClN2O2S. The lowest BCUT2D eigenvalue weighted by atomic mass is 10.2. The van der Waals surface area contributed by atoms with Crippen LogP contribution in [0.1, 0.15) is 12.5 Å². The summed E-state index contributed by atoms with van der Waals surface area (Å²) in [6.07, 6.45) is 1.85. The molecule has 0 aliphatic carbocycles. The number of halogens is 1. The van der Waals surface area contributed by atoms with Crippen LogP contribution in [0, 0.1) is 0 Å². The van der Waals surface area contributed by atoms with Gasteiger partial charge in [0, 0.05) is 17.1 Å². The number of para-hydroxylation sites is 1. The largest absolute Gasteiger partial charge is 0.496 e. The zero-order chi connectivity index (χ0) is 17.8. The van der Waals surface area contributed by atoms with Gasteiger partial charge in [0.05, 0.1) is 17.7 Å². The highest BCUT2D eigenvalue weighted by Gasteiger charge is 2.32. The quantitative estimate of drug-likeness (QED) is 0.711. The Morgan fingerprint density at radius 3 is 2.60 bits per heavy atom. The van der Waals surface area contributed by atoms with Crippen LogP contribution in [0.4, 0.5) is 5.69 Å². The van der Waals surface area contributed by atoms with Crippen LogP contribution in [0.25, 0.3) is 6.08 Å². The fraction of sp³-hybridized carbons (Fsp3) is 0.158. The first-order valence-corrected chi connectivity index (χ1v) is 9.00. The summed E-state index contributed by atoms with van der Waals surface area (Å²) in [6.45, 7) is 2.49. The standard InChI is InChI=1S/C19H17ClN2O2S/c1-3-22-18(23)17(12-13-6-4-5-7-16(13)24-2)25-19(22)21-15-10-8-14(20)9-11-15/h4-12H,3H2,1-2H3/b17-12+,21-19?. The zero-order valence-electron chi connectivity index (χ0n) is 13.9. The van der Waals surface area contributed by atoms with Gasteiger partial charge in [-0.2, -0.15) is 0 Å². The van der Waals surface area contributed by atoms with Crippen molar-refractivity contribution >= 4 is 46.2 Å². The number of thioether (sulfide) groups is 1. The number of carbonyl (C=O) groups is 1. The van der Waals surface area contributed by atoms with Crippen molar-refractivity contribution < 1.29 is 9.53 Å². The number of ether oxygens (including phenoxy) is 1. The molecule has 0 saturated carbocycles. The van der Waals surface area contributed by atoms with E-state index in [-0.39, 0.29) is 5.91 Å².